The van der Waals surface area contributed by atoms with Crippen molar-refractivity contribution >= 4 is 28.5 Å². The van der Waals surface area contributed by atoms with E-state index in [2.05, 4.69) is 5.32 Å². The molecular weight excluding hydrogens is 348 g/mol. The van der Waals surface area contributed by atoms with Crippen LogP contribution >= 0.6 is 11.3 Å². The van der Waals surface area contributed by atoms with Gasteiger partial charge in [-0.05, 0) is 30.5 Å². The van der Waals surface area contributed by atoms with Crippen molar-refractivity contribution in [1.82, 2.24) is 0 Å². The van der Waals surface area contributed by atoms with Crippen LogP contribution < -0.4 is 5.32 Å². The van der Waals surface area contributed by atoms with Crippen LogP contribution in [0.2, 0.25) is 0 Å². The van der Waals surface area contributed by atoms with Gasteiger partial charge in [0.25, 0.3) is 5.69 Å². The molecule has 0 spiro atoms. The van der Waals surface area contributed by atoms with Crippen LogP contribution in [-0.2, 0) is 0 Å². The van der Waals surface area contributed by atoms with E-state index in [4.69, 9.17) is 0 Å². The summed E-state index contributed by atoms with van der Waals surface area (Å²) >= 11 is 1.57. The van der Waals surface area contributed by atoms with Crippen LogP contribution in [0.3, 0.4) is 0 Å². The average molecular weight is 366 g/mol. The molecule has 0 aliphatic rings. The molecule has 0 bridgehead atoms. The summed E-state index contributed by atoms with van der Waals surface area (Å²) in [6, 6.07) is 17.5. The second-order valence-electron chi connectivity index (χ2n) is 6.01. The summed E-state index contributed by atoms with van der Waals surface area (Å²) < 4.78 is 0. The summed E-state index contributed by atoms with van der Waals surface area (Å²) in [5.41, 5.74) is 2.58. The van der Waals surface area contributed by atoms with Gasteiger partial charge in [0.2, 0.25) is 0 Å². The summed E-state index contributed by atoms with van der Waals surface area (Å²) in [6.07, 6.45) is 0.306. The first-order valence-electron chi connectivity index (χ1n) is 8.17. The van der Waals surface area contributed by atoms with Gasteiger partial charge in [0, 0.05) is 34.7 Å². The molecule has 6 heteroatoms. The molecule has 1 heterocycles. The summed E-state index contributed by atoms with van der Waals surface area (Å²) in [6.45, 7) is 1.98. The highest BCUT2D eigenvalue weighted by Gasteiger charge is 2.18. The van der Waals surface area contributed by atoms with Gasteiger partial charge in [-0.1, -0.05) is 35.9 Å². The fourth-order valence-corrected chi connectivity index (χ4v) is 3.41. The normalized spacial score (nSPS) is 11.7. The Morgan fingerprint density at radius 3 is 2.38 bits per heavy atom. The number of ketones is 1. The Bertz CT molecular complexity index is 888. The SMILES string of the molecule is Cc1ccc(C(=O)CC(Nc2ccc([N+](=O)[O-])cc2)c2cccs2)cc1. The van der Waals surface area contributed by atoms with E-state index in [1.165, 1.54) is 12.1 Å². The number of hydrogen-bond acceptors (Lipinski definition) is 5. The van der Waals surface area contributed by atoms with Gasteiger partial charge >= 0.3 is 0 Å². The molecule has 0 saturated heterocycles. The van der Waals surface area contributed by atoms with E-state index >= 15 is 0 Å². The zero-order chi connectivity index (χ0) is 18.5. The Hall–Kier alpha value is -2.99. The maximum absolute atomic E-state index is 12.7. The number of non-ortho nitro benzene ring substituents is 1. The minimum absolute atomic E-state index is 0.0407. The molecule has 0 saturated carbocycles. The molecule has 5 nitrogen and oxygen atoms in total. The number of carbonyl (C=O) groups is 1. The van der Waals surface area contributed by atoms with E-state index in [1.807, 2.05) is 48.7 Å². The molecule has 0 aliphatic heterocycles. The second-order valence-corrected chi connectivity index (χ2v) is 6.99. The fraction of sp³-hybridized carbons (Fsp3) is 0.150. The van der Waals surface area contributed by atoms with E-state index in [-0.39, 0.29) is 17.5 Å². The lowest BCUT2D eigenvalue weighted by atomic mass is 10.0. The number of nitro groups is 1. The fourth-order valence-electron chi connectivity index (χ4n) is 2.64. The number of hydrogen-bond donors (Lipinski definition) is 1. The van der Waals surface area contributed by atoms with Crippen LogP contribution in [-0.4, -0.2) is 10.7 Å². The van der Waals surface area contributed by atoms with Crippen molar-refractivity contribution in [2.75, 3.05) is 5.32 Å². The monoisotopic (exact) mass is 366 g/mol. The third-order valence-electron chi connectivity index (χ3n) is 4.07. The molecule has 2 aromatic carbocycles. The lowest BCUT2D eigenvalue weighted by molar-refractivity contribution is -0.384. The molecule has 0 aliphatic carbocycles. The minimum atomic E-state index is -0.429. The number of nitro benzene ring substituents is 1. The molecule has 0 amide bonds. The smallest absolute Gasteiger partial charge is 0.269 e. The molecule has 0 radical (unpaired) electrons. The number of rotatable bonds is 7. The highest BCUT2D eigenvalue weighted by Crippen LogP contribution is 2.28. The molecule has 0 fully saturated rings. The average Bonchev–Trinajstić information content (AvgIpc) is 3.16. The van der Waals surface area contributed by atoms with Crippen LogP contribution in [0.1, 0.15) is 33.3 Å². The van der Waals surface area contributed by atoms with E-state index < -0.39 is 4.92 Å². The Balaban J connectivity index is 1.78. The number of thiophene rings is 1. The number of Topliss-reactive ketones (excluding diaryl/α,β-unsaturated/α-hetero) is 1. The van der Waals surface area contributed by atoms with E-state index in [0.29, 0.717) is 12.0 Å². The topological polar surface area (TPSA) is 72.2 Å². The van der Waals surface area contributed by atoms with Crippen LogP contribution in [0.25, 0.3) is 0 Å². The second kappa shape index (κ2) is 7.93. The summed E-state index contributed by atoms with van der Waals surface area (Å²) in [5.74, 6) is 0.0535. The Labute approximate surface area is 155 Å². The highest BCUT2D eigenvalue weighted by molar-refractivity contribution is 7.10. The highest BCUT2D eigenvalue weighted by atomic mass is 32.1. The molecule has 132 valence electrons. The molecule has 3 rings (SSSR count). The van der Waals surface area contributed by atoms with Crippen molar-refractivity contribution in [1.29, 1.82) is 0 Å². The lowest BCUT2D eigenvalue weighted by Crippen LogP contribution is -2.14. The summed E-state index contributed by atoms with van der Waals surface area (Å²) in [5, 5.41) is 16.1. The summed E-state index contributed by atoms with van der Waals surface area (Å²) in [7, 11) is 0. The molecule has 1 N–H and O–H groups in total. The Morgan fingerprint density at radius 1 is 1.12 bits per heavy atom. The van der Waals surface area contributed by atoms with Crippen molar-refractivity contribution < 1.29 is 9.72 Å². The van der Waals surface area contributed by atoms with Crippen LogP contribution in [0.5, 0.6) is 0 Å². The third kappa shape index (κ3) is 4.34. The van der Waals surface area contributed by atoms with Crippen molar-refractivity contribution in [3.63, 3.8) is 0 Å². The Morgan fingerprint density at radius 2 is 1.81 bits per heavy atom. The number of carbonyl (C=O) groups excluding carboxylic acids is 1. The summed E-state index contributed by atoms with van der Waals surface area (Å²) in [4.78, 5) is 24.1. The number of anilines is 1. The van der Waals surface area contributed by atoms with Crippen molar-refractivity contribution in [3.05, 3.63) is 92.2 Å². The van der Waals surface area contributed by atoms with Crippen molar-refractivity contribution in [2.24, 2.45) is 0 Å². The minimum Gasteiger partial charge on any atom is -0.377 e. The predicted octanol–water partition coefficient (Wildman–Crippen LogP) is 5.39. The van der Waals surface area contributed by atoms with Crippen molar-refractivity contribution in [2.45, 2.75) is 19.4 Å². The van der Waals surface area contributed by atoms with Crippen LogP contribution in [0.15, 0.2) is 66.0 Å². The predicted molar refractivity (Wildman–Crippen MR) is 104 cm³/mol. The zero-order valence-electron chi connectivity index (χ0n) is 14.2. The van der Waals surface area contributed by atoms with Gasteiger partial charge in [-0.25, -0.2) is 0 Å². The molecule has 1 unspecified atom stereocenters. The first-order valence-corrected chi connectivity index (χ1v) is 9.05. The number of benzene rings is 2. The van der Waals surface area contributed by atoms with E-state index in [1.54, 1.807) is 23.5 Å². The van der Waals surface area contributed by atoms with E-state index in [0.717, 1.165) is 16.1 Å². The van der Waals surface area contributed by atoms with Gasteiger partial charge in [0.1, 0.15) is 0 Å². The number of aryl methyl sites for hydroxylation is 1. The lowest BCUT2D eigenvalue weighted by Gasteiger charge is -2.18. The first kappa shape index (κ1) is 17.8. The molecular formula is C20H18N2O3S. The zero-order valence-corrected chi connectivity index (χ0v) is 15.0. The van der Waals surface area contributed by atoms with Gasteiger partial charge in [0.05, 0.1) is 11.0 Å². The molecule has 3 aromatic rings. The largest absolute Gasteiger partial charge is 0.377 e. The van der Waals surface area contributed by atoms with Crippen LogP contribution in [0, 0.1) is 17.0 Å². The molecule has 26 heavy (non-hydrogen) atoms. The Kier molecular flexibility index (Phi) is 5.43. The molecule has 1 aromatic heterocycles. The third-order valence-corrected chi connectivity index (χ3v) is 5.05. The van der Waals surface area contributed by atoms with Gasteiger partial charge in [-0.3, -0.25) is 14.9 Å². The van der Waals surface area contributed by atoms with Gasteiger partial charge in [0.15, 0.2) is 5.78 Å². The quantitative estimate of drug-likeness (QED) is 0.346. The van der Waals surface area contributed by atoms with Gasteiger partial charge < -0.3 is 5.32 Å². The maximum Gasteiger partial charge on any atom is 0.269 e. The standard InChI is InChI=1S/C20H18N2O3S/c1-14-4-6-15(7-5-14)19(23)13-18(20-3-2-12-26-20)21-16-8-10-17(11-9-16)22(24)25/h2-12,18,21H,13H2,1H3. The van der Waals surface area contributed by atoms with Gasteiger partial charge in [-0.2, -0.15) is 0 Å². The maximum atomic E-state index is 12.7. The van der Waals surface area contributed by atoms with Crippen molar-refractivity contribution in [3.8, 4) is 0 Å². The van der Waals surface area contributed by atoms with Crippen LogP contribution in [0.4, 0.5) is 11.4 Å². The first-order chi connectivity index (χ1) is 12.5. The molecule has 1 atom stereocenters. The number of nitrogens with one attached hydrogen (secondary N) is 1. The number of nitrogens with zero attached hydrogens (tertiary/aromatic N) is 1. The van der Waals surface area contributed by atoms with Gasteiger partial charge in [-0.15, -0.1) is 11.3 Å². The van der Waals surface area contributed by atoms with E-state index in [9.17, 15) is 14.9 Å².